The predicted molar refractivity (Wildman–Crippen MR) is 44.0 cm³/mol. The smallest absolute Gasteiger partial charge is 0.120 e. The van der Waals surface area contributed by atoms with E-state index in [1.54, 1.807) is 30.3 Å². The summed E-state index contributed by atoms with van der Waals surface area (Å²) in [4.78, 5) is 0. The molecule has 0 spiro atoms. The first-order valence-corrected chi connectivity index (χ1v) is 4.56. The van der Waals surface area contributed by atoms with Crippen LogP contribution in [0.4, 0.5) is 0 Å². The Balaban J connectivity index is 2.85. The molecule has 0 bridgehead atoms. The molecule has 0 amide bonds. The highest BCUT2D eigenvalue weighted by Crippen LogP contribution is 2.21. The van der Waals surface area contributed by atoms with Crippen LogP contribution in [0.15, 0.2) is 30.3 Å². The third kappa shape index (κ3) is 2.29. The van der Waals surface area contributed by atoms with Crippen LogP contribution < -0.4 is 0 Å². The minimum Gasteiger partial charge on any atom is -0.771 e. The van der Waals surface area contributed by atoms with Crippen molar-refractivity contribution in [2.24, 2.45) is 0 Å². The number of alkyl halides is 1. The van der Waals surface area contributed by atoms with E-state index in [0.717, 1.165) is 0 Å². The van der Waals surface area contributed by atoms with Gasteiger partial charge in [-0.3, -0.25) is 4.21 Å². The molecule has 1 aromatic rings. The maximum Gasteiger partial charge on any atom is 0.120 e. The van der Waals surface area contributed by atoms with Crippen molar-refractivity contribution in [2.75, 3.05) is 0 Å². The van der Waals surface area contributed by atoms with E-state index in [-0.39, 0.29) is 0 Å². The normalized spacial score (nSPS) is 15.8. The van der Waals surface area contributed by atoms with Crippen molar-refractivity contribution >= 4 is 22.7 Å². The molecule has 0 saturated carbocycles. The fourth-order valence-electron chi connectivity index (χ4n) is 0.715. The quantitative estimate of drug-likeness (QED) is 0.526. The summed E-state index contributed by atoms with van der Waals surface area (Å²) in [5.41, 5.74) is 0.600. The lowest BCUT2D eigenvalue weighted by Gasteiger charge is -2.11. The van der Waals surface area contributed by atoms with Crippen LogP contribution in [-0.4, -0.2) is 8.76 Å². The van der Waals surface area contributed by atoms with Crippen molar-refractivity contribution in [1.82, 2.24) is 0 Å². The molecule has 0 aliphatic rings. The molecule has 4 heteroatoms. The maximum atomic E-state index is 10.4. The molecular weight excluding hydrogens is 184 g/mol. The van der Waals surface area contributed by atoms with Crippen LogP contribution in [0, 0.1) is 0 Å². The Hall–Kier alpha value is -0.380. The van der Waals surface area contributed by atoms with E-state index in [4.69, 9.17) is 11.6 Å². The summed E-state index contributed by atoms with van der Waals surface area (Å²) >= 11 is 3.28. The third-order valence-electron chi connectivity index (χ3n) is 1.23. The van der Waals surface area contributed by atoms with Gasteiger partial charge in [0.25, 0.3) is 0 Å². The molecule has 0 radical (unpaired) electrons. The van der Waals surface area contributed by atoms with Gasteiger partial charge >= 0.3 is 0 Å². The highest BCUT2D eigenvalue weighted by Gasteiger charge is 2.05. The van der Waals surface area contributed by atoms with Gasteiger partial charge in [0.2, 0.25) is 0 Å². The van der Waals surface area contributed by atoms with Crippen molar-refractivity contribution in [3.05, 3.63) is 35.9 Å². The Morgan fingerprint density at radius 2 is 1.91 bits per heavy atom. The van der Waals surface area contributed by atoms with E-state index in [1.807, 2.05) is 0 Å². The number of halogens is 1. The lowest BCUT2D eigenvalue weighted by molar-refractivity contribution is 0.534. The van der Waals surface area contributed by atoms with E-state index in [1.165, 1.54) is 0 Å². The highest BCUT2D eigenvalue weighted by molar-refractivity contribution is 7.80. The van der Waals surface area contributed by atoms with Crippen molar-refractivity contribution in [2.45, 2.75) is 4.71 Å². The van der Waals surface area contributed by atoms with E-state index in [0.29, 0.717) is 5.56 Å². The molecule has 2 atom stereocenters. The van der Waals surface area contributed by atoms with E-state index < -0.39 is 15.8 Å². The third-order valence-corrected chi connectivity index (χ3v) is 2.53. The first-order valence-electron chi connectivity index (χ1n) is 2.99. The minimum atomic E-state index is -2.25. The van der Waals surface area contributed by atoms with Crippen LogP contribution in [0.1, 0.15) is 10.3 Å². The minimum absolute atomic E-state index is 0.600. The molecule has 0 aliphatic heterocycles. The summed E-state index contributed by atoms with van der Waals surface area (Å²) in [5.74, 6) is 0. The van der Waals surface area contributed by atoms with Gasteiger partial charge in [-0.2, -0.15) is 0 Å². The Kier molecular flexibility index (Phi) is 3.05. The SMILES string of the molecule is O=S([O-])C(Cl)c1ccccc1. The fourth-order valence-corrected chi connectivity index (χ4v) is 1.24. The summed E-state index contributed by atoms with van der Waals surface area (Å²) in [6.45, 7) is 0. The number of hydrogen-bond donors (Lipinski definition) is 0. The summed E-state index contributed by atoms with van der Waals surface area (Å²) in [7, 11) is 0. The van der Waals surface area contributed by atoms with Gasteiger partial charge in [-0.15, -0.1) is 11.6 Å². The standard InChI is InChI=1S/C7H7ClO2S/c8-7(11(9)10)6-4-2-1-3-5-6/h1-5,7H,(H,9,10)/p-1. The molecule has 0 aromatic heterocycles. The highest BCUT2D eigenvalue weighted by atomic mass is 35.5. The molecule has 1 rings (SSSR count). The zero-order valence-electron chi connectivity index (χ0n) is 5.57. The second kappa shape index (κ2) is 3.85. The molecule has 60 valence electrons. The average molecular weight is 190 g/mol. The molecule has 0 fully saturated rings. The predicted octanol–water partition coefficient (Wildman–Crippen LogP) is 1.80. The summed E-state index contributed by atoms with van der Waals surface area (Å²) in [5, 5.41) is 0. The second-order valence-corrected chi connectivity index (χ2v) is 3.67. The molecule has 1 aromatic carbocycles. The first kappa shape index (κ1) is 8.71. The molecule has 0 N–H and O–H groups in total. The number of hydrogen-bond acceptors (Lipinski definition) is 2. The van der Waals surface area contributed by atoms with Crippen LogP contribution in [0.2, 0.25) is 0 Å². The second-order valence-electron chi connectivity index (χ2n) is 1.99. The number of rotatable bonds is 2. The Labute approximate surface area is 72.5 Å². The molecule has 0 saturated heterocycles. The molecular formula is C7H6ClO2S-. The van der Waals surface area contributed by atoms with Gasteiger partial charge < -0.3 is 4.55 Å². The van der Waals surface area contributed by atoms with Crippen molar-refractivity contribution < 1.29 is 8.76 Å². The zero-order chi connectivity index (χ0) is 8.27. The fraction of sp³-hybridized carbons (Fsp3) is 0.143. The van der Waals surface area contributed by atoms with Crippen LogP contribution >= 0.6 is 11.6 Å². The van der Waals surface area contributed by atoms with Crippen LogP contribution in [0.25, 0.3) is 0 Å². The largest absolute Gasteiger partial charge is 0.771 e. The van der Waals surface area contributed by atoms with Crippen molar-refractivity contribution in [3.8, 4) is 0 Å². The lowest BCUT2D eigenvalue weighted by Crippen LogP contribution is -1.97. The van der Waals surface area contributed by atoms with E-state index in [2.05, 4.69) is 0 Å². The molecule has 2 nitrogen and oxygen atoms in total. The van der Waals surface area contributed by atoms with Crippen LogP contribution in [0.5, 0.6) is 0 Å². The number of benzene rings is 1. The van der Waals surface area contributed by atoms with E-state index in [9.17, 15) is 8.76 Å². The summed E-state index contributed by atoms with van der Waals surface area (Å²) in [6.07, 6.45) is 0. The summed E-state index contributed by atoms with van der Waals surface area (Å²) < 4.78 is 19.8. The Morgan fingerprint density at radius 1 is 1.36 bits per heavy atom. The Morgan fingerprint density at radius 3 is 2.36 bits per heavy atom. The van der Waals surface area contributed by atoms with Gasteiger partial charge in [0.05, 0.1) is 0 Å². The zero-order valence-corrected chi connectivity index (χ0v) is 7.14. The van der Waals surface area contributed by atoms with E-state index >= 15 is 0 Å². The molecule has 11 heavy (non-hydrogen) atoms. The van der Waals surface area contributed by atoms with Gasteiger partial charge in [-0.25, -0.2) is 0 Å². The van der Waals surface area contributed by atoms with Crippen LogP contribution in [0.3, 0.4) is 0 Å². The average Bonchev–Trinajstić information content (AvgIpc) is 2.05. The van der Waals surface area contributed by atoms with Crippen molar-refractivity contribution in [3.63, 3.8) is 0 Å². The lowest BCUT2D eigenvalue weighted by atomic mass is 10.2. The van der Waals surface area contributed by atoms with Crippen LogP contribution in [-0.2, 0) is 11.1 Å². The van der Waals surface area contributed by atoms with Crippen molar-refractivity contribution in [1.29, 1.82) is 0 Å². The maximum absolute atomic E-state index is 10.4. The van der Waals surface area contributed by atoms with Gasteiger partial charge in [0.1, 0.15) is 4.71 Å². The topological polar surface area (TPSA) is 40.1 Å². The molecule has 0 heterocycles. The van der Waals surface area contributed by atoms with Gasteiger partial charge in [-0.1, -0.05) is 30.3 Å². The summed E-state index contributed by atoms with van der Waals surface area (Å²) in [6, 6.07) is 8.65. The van der Waals surface area contributed by atoms with Gasteiger partial charge in [-0.05, 0) is 16.6 Å². The molecule has 0 aliphatic carbocycles. The first-order chi connectivity index (χ1) is 5.22. The monoisotopic (exact) mass is 189 g/mol. The Bertz CT molecular complexity index is 250. The molecule has 2 unspecified atom stereocenters. The van der Waals surface area contributed by atoms with Gasteiger partial charge in [0, 0.05) is 0 Å². The van der Waals surface area contributed by atoms with Gasteiger partial charge in [0.15, 0.2) is 0 Å².